The van der Waals surface area contributed by atoms with E-state index in [1.807, 2.05) is 24.0 Å². The number of carbonyl (C=O) groups is 1. The van der Waals surface area contributed by atoms with E-state index >= 15 is 0 Å². The van der Waals surface area contributed by atoms with Gasteiger partial charge in [-0.25, -0.2) is 4.52 Å². The molecule has 0 aliphatic rings. The second-order valence-corrected chi connectivity index (χ2v) is 7.27. The van der Waals surface area contributed by atoms with Crippen molar-refractivity contribution >= 4 is 33.4 Å². The van der Waals surface area contributed by atoms with Crippen LogP contribution in [0.5, 0.6) is 0 Å². The van der Waals surface area contributed by atoms with Crippen LogP contribution in [-0.4, -0.2) is 44.0 Å². The predicted octanol–water partition coefficient (Wildman–Crippen LogP) is 2.44. The standard InChI is InChI=1S/C18H19N7O2S/c1-11-15(5-13(19)7-20-11)23-17(26)14-8-22-25-10-16(28-18(14)25)12-6-21-24(9-12)3-4-27-2/h5-10H,3-4,19H2,1-2H3,(H,23,26). The molecule has 0 atom stereocenters. The van der Waals surface area contributed by atoms with Crippen molar-refractivity contribution in [3.63, 3.8) is 0 Å². The highest BCUT2D eigenvalue weighted by atomic mass is 32.1. The molecule has 0 unspecified atom stereocenters. The van der Waals surface area contributed by atoms with Gasteiger partial charge in [-0.1, -0.05) is 0 Å². The zero-order valence-corrected chi connectivity index (χ0v) is 16.2. The summed E-state index contributed by atoms with van der Waals surface area (Å²) in [4.78, 5) is 18.7. The summed E-state index contributed by atoms with van der Waals surface area (Å²) < 4.78 is 8.60. The Morgan fingerprint density at radius 1 is 1.29 bits per heavy atom. The van der Waals surface area contributed by atoms with Crippen LogP contribution < -0.4 is 11.1 Å². The topological polar surface area (TPSA) is 112 Å². The number of aromatic nitrogens is 5. The van der Waals surface area contributed by atoms with E-state index in [0.29, 0.717) is 35.8 Å². The summed E-state index contributed by atoms with van der Waals surface area (Å²) in [5.74, 6) is -0.255. The minimum Gasteiger partial charge on any atom is -0.397 e. The lowest BCUT2D eigenvalue weighted by Gasteiger charge is -2.07. The fourth-order valence-corrected chi connectivity index (χ4v) is 3.77. The van der Waals surface area contributed by atoms with Gasteiger partial charge in [-0.2, -0.15) is 10.2 Å². The highest BCUT2D eigenvalue weighted by Crippen LogP contribution is 2.30. The lowest BCUT2D eigenvalue weighted by molar-refractivity contribution is 0.102. The van der Waals surface area contributed by atoms with Crippen LogP contribution in [0, 0.1) is 6.92 Å². The number of hydrogen-bond donors (Lipinski definition) is 2. The van der Waals surface area contributed by atoms with Gasteiger partial charge in [-0.3, -0.25) is 14.5 Å². The number of pyridine rings is 1. The van der Waals surface area contributed by atoms with Crippen LogP contribution >= 0.6 is 11.3 Å². The average Bonchev–Trinajstić information content (AvgIpc) is 3.37. The molecular formula is C18H19N7O2S. The summed E-state index contributed by atoms with van der Waals surface area (Å²) in [6, 6.07) is 1.69. The van der Waals surface area contributed by atoms with Crippen molar-refractivity contribution in [1.29, 1.82) is 0 Å². The lowest BCUT2D eigenvalue weighted by Crippen LogP contribution is -2.13. The molecule has 0 spiro atoms. The smallest absolute Gasteiger partial charge is 0.260 e. The van der Waals surface area contributed by atoms with Gasteiger partial charge in [-0.15, -0.1) is 11.3 Å². The minimum absolute atomic E-state index is 0.255. The zero-order chi connectivity index (χ0) is 19.7. The number of carbonyl (C=O) groups excluding carboxylic acids is 1. The Bertz CT molecular complexity index is 1140. The molecule has 28 heavy (non-hydrogen) atoms. The van der Waals surface area contributed by atoms with Crippen molar-refractivity contribution < 1.29 is 9.53 Å². The molecule has 0 saturated carbocycles. The number of fused-ring (bicyclic) bond motifs is 1. The lowest BCUT2D eigenvalue weighted by atomic mass is 10.2. The van der Waals surface area contributed by atoms with E-state index in [2.05, 4.69) is 20.5 Å². The Kier molecular flexibility index (Phi) is 4.80. The van der Waals surface area contributed by atoms with E-state index in [1.54, 1.807) is 36.3 Å². The van der Waals surface area contributed by atoms with Gasteiger partial charge >= 0.3 is 0 Å². The van der Waals surface area contributed by atoms with Crippen LogP contribution in [0.3, 0.4) is 0 Å². The highest BCUT2D eigenvalue weighted by Gasteiger charge is 2.18. The average molecular weight is 397 g/mol. The van der Waals surface area contributed by atoms with Gasteiger partial charge in [0.1, 0.15) is 4.83 Å². The number of ether oxygens (including phenoxy) is 1. The number of rotatable bonds is 6. The van der Waals surface area contributed by atoms with Crippen molar-refractivity contribution in [3.05, 3.63) is 48.3 Å². The van der Waals surface area contributed by atoms with Crippen molar-refractivity contribution in [1.82, 2.24) is 24.4 Å². The van der Waals surface area contributed by atoms with Gasteiger partial charge < -0.3 is 15.8 Å². The Balaban J connectivity index is 1.60. The van der Waals surface area contributed by atoms with Crippen molar-refractivity contribution in [3.8, 4) is 10.4 Å². The van der Waals surface area contributed by atoms with Crippen LogP contribution in [-0.2, 0) is 11.3 Å². The van der Waals surface area contributed by atoms with Crippen LogP contribution in [0.4, 0.5) is 11.4 Å². The molecular weight excluding hydrogens is 378 g/mol. The number of nitrogens with two attached hydrogens (primary N) is 1. The molecule has 0 bridgehead atoms. The van der Waals surface area contributed by atoms with Crippen LogP contribution in [0.15, 0.2) is 37.1 Å². The molecule has 0 aromatic carbocycles. The summed E-state index contributed by atoms with van der Waals surface area (Å²) in [6.45, 7) is 3.09. The van der Waals surface area contributed by atoms with Crippen molar-refractivity contribution in [2.75, 3.05) is 24.8 Å². The molecule has 0 fully saturated rings. The molecule has 1 amide bonds. The SMILES string of the molecule is COCCn1cc(-c2cn3ncc(C(=O)Nc4cc(N)cnc4C)c3s2)cn1. The van der Waals surface area contributed by atoms with Crippen LogP contribution in [0.1, 0.15) is 16.1 Å². The van der Waals surface area contributed by atoms with Crippen molar-refractivity contribution in [2.24, 2.45) is 0 Å². The van der Waals surface area contributed by atoms with E-state index < -0.39 is 0 Å². The third-order valence-corrected chi connectivity index (χ3v) is 5.40. The van der Waals surface area contributed by atoms with Crippen LogP contribution in [0.25, 0.3) is 15.3 Å². The van der Waals surface area contributed by atoms with Gasteiger partial charge in [-0.05, 0) is 13.0 Å². The Hall–Kier alpha value is -3.24. The number of amides is 1. The molecule has 144 valence electrons. The summed E-state index contributed by atoms with van der Waals surface area (Å²) >= 11 is 1.48. The number of nitrogens with one attached hydrogen (secondary N) is 1. The number of methoxy groups -OCH3 is 1. The number of thiazole rings is 1. The number of hydrogen-bond acceptors (Lipinski definition) is 7. The molecule has 0 aliphatic heterocycles. The first-order chi connectivity index (χ1) is 13.5. The molecule has 9 nitrogen and oxygen atoms in total. The normalized spacial score (nSPS) is 11.2. The molecule has 3 N–H and O–H groups in total. The maximum atomic E-state index is 12.8. The van der Waals surface area contributed by atoms with Gasteiger partial charge in [0, 0.05) is 25.1 Å². The maximum absolute atomic E-state index is 12.8. The first-order valence-corrected chi connectivity index (χ1v) is 9.39. The van der Waals surface area contributed by atoms with Crippen LogP contribution in [0.2, 0.25) is 0 Å². The summed E-state index contributed by atoms with van der Waals surface area (Å²) in [5, 5.41) is 11.5. The highest BCUT2D eigenvalue weighted by molar-refractivity contribution is 7.21. The largest absolute Gasteiger partial charge is 0.397 e. The summed E-state index contributed by atoms with van der Waals surface area (Å²) in [6.07, 6.45) is 8.75. The zero-order valence-electron chi connectivity index (χ0n) is 15.4. The van der Waals surface area contributed by atoms with Gasteiger partial charge in [0.2, 0.25) is 0 Å². The summed E-state index contributed by atoms with van der Waals surface area (Å²) in [5.41, 5.74) is 9.00. The molecule has 4 heterocycles. The fraction of sp³-hybridized carbons (Fsp3) is 0.222. The molecule has 10 heteroatoms. The Morgan fingerprint density at radius 3 is 2.96 bits per heavy atom. The molecule has 4 aromatic heterocycles. The molecule has 0 aliphatic carbocycles. The molecule has 4 rings (SSSR count). The van der Waals surface area contributed by atoms with Crippen molar-refractivity contribution in [2.45, 2.75) is 13.5 Å². The number of aryl methyl sites for hydroxylation is 1. The van der Waals surface area contributed by atoms with E-state index in [0.717, 1.165) is 15.3 Å². The number of nitrogens with zero attached hydrogens (tertiary/aromatic N) is 5. The second kappa shape index (κ2) is 7.41. The number of nitrogen functional groups attached to an aromatic ring is 1. The van der Waals surface area contributed by atoms with E-state index in [1.165, 1.54) is 11.3 Å². The fourth-order valence-electron chi connectivity index (χ4n) is 2.74. The van der Waals surface area contributed by atoms with Gasteiger partial charge in [0.05, 0.1) is 59.3 Å². The Labute approximate surface area is 164 Å². The minimum atomic E-state index is -0.255. The molecule has 0 saturated heterocycles. The number of anilines is 2. The first kappa shape index (κ1) is 18.1. The first-order valence-electron chi connectivity index (χ1n) is 8.57. The van der Waals surface area contributed by atoms with Gasteiger partial charge in [0.25, 0.3) is 5.91 Å². The quantitative estimate of drug-likeness (QED) is 0.517. The molecule has 0 radical (unpaired) electrons. The summed E-state index contributed by atoms with van der Waals surface area (Å²) in [7, 11) is 1.66. The maximum Gasteiger partial charge on any atom is 0.260 e. The third-order valence-electron chi connectivity index (χ3n) is 4.24. The van der Waals surface area contributed by atoms with E-state index in [4.69, 9.17) is 10.5 Å². The Morgan fingerprint density at radius 2 is 2.14 bits per heavy atom. The van der Waals surface area contributed by atoms with Gasteiger partial charge in [0.15, 0.2) is 0 Å². The molecule has 4 aromatic rings. The van der Waals surface area contributed by atoms with E-state index in [-0.39, 0.29) is 5.91 Å². The predicted molar refractivity (Wildman–Crippen MR) is 108 cm³/mol. The third kappa shape index (κ3) is 3.47. The second-order valence-electron chi connectivity index (χ2n) is 6.24. The van der Waals surface area contributed by atoms with E-state index in [9.17, 15) is 4.79 Å². The monoisotopic (exact) mass is 397 g/mol.